The molecule has 0 saturated carbocycles. The van der Waals surface area contributed by atoms with Gasteiger partial charge in [-0.05, 0) is 107 Å². The number of halogens is 1. The molecule has 0 atom stereocenters. The number of thiophene rings is 2. The lowest BCUT2D eigenvalue weighted by molar-refractivity contribution is 0.426. The molecule has 98 heavy (non-hydrogen) atoms. The van der Waals surface area contributed by atoms with E-state index in [4.69, 9.17) is 31.5 Å². The van der Waals surface area contributed by atoms with Crippen molar-refractivity contribution in [3.8, 4) is 101 Å². The van der Waals surface area contributed by atoms with E-state index in [1.807, 2.05) is 84.9 Å². The van der Waals surface area contributed by atoms with E-state index in [0.29, 0.717) is 34.6 Å². The van der Waals surface area contributed by atoms with Gasteiger partial charge in [-0.2, -0.15) is 9.97 Å². The van der Waals surface area contributed by atoms with E-state index in [1.54, 1.807) is 28.7 Å². The van der Waals surface area contributed by atoms with E-state index in [1.165, 1.54) is 62.9 Å². The largest absolute Gasteiger partial charge is 0.489 e. The summed E-state index contributed by atoms with van der Waals surface area (Å²) in [7, 11) is -1.41. The van der Waals surface area contributed by atoms with E-state index in [0.717, 1.165) is 71.3 Å². The maximum atomic E-state index is 9.31. The van der Waals surface area contributed by atoms with Crippen LogP contribution in [0.4, 0.5) is 0 Å². The van der Waals surface area contributed by atoms with Crippen molar-refractivity contribution in [3.05, 3.63) is 333 Å². The van der Waals surface area contributed by atoms with Crippen LogP contribution in [0.2, 0.25) is 5.28 Å². The zero-order chi connectivity index (χ0) is 65.9. The minimum atomic E-state index is -1.41. The molecule has 0 fully saturated rings. The van der Waals surface area contributed by atoms with E-state index >= 15 is 0 Å². The topological polar surface area (TPSA) is 118 Å². The fraction of sp³-hybridized carbons (Fsp3) is 0. The highest BCUT2D eigenvalue weighted by Gasteiger charge is 2.21. The minimum absolute atomic E-state index is 0.172. The van der Waals surface area contributed by atoms with Gasteiger partial charge in [0.15, 0.2) is 29.1 Å². The lowest BCUT2D eigenvalue weighted by Gasteiger charge is -2.13. The van der Waals surface area contributed by atoms with Gasteiger partial charge in [-0.1, -0.05) is 309 Å². The van der Waals surface area contributed by atoms with Gasteiger partial charge in [0.05, 0.1) is 0 Å². The summed E-state index contributed by atoms with van der Waals surface area (Å²) in [6, 6.07) is 112. The van der Waals surface area contributed by atoms with Gasteiger partial charge in [0.1, 0.15) is 0 Å². The van der Waals surface area contributed by atoms with E-state index < -0.39 is 7.12 Å². The van der Waals surface area contributed by atoms with Crippen molar-refractivity contribution in [2.75, 3.05) is 0 Å². The van der Waals surface area contributed by atoms with Crippen LogP contribution in [0, 0.1) is 0 Å². The number of hydrogen-bond donors (Lipinski definition) is 2. The van der Waals surface area contributed by atoms with Gasteiger partial charge in [0.25, 0.3) is 0 Å². The Labute approximate surface area is 579 Å². The normalized spacial score (nSPS) is 11.2. The fourth-order valence-corrected chi connectivity index (χ4v) is 15.5. The molecule has 0 bridgehead atoms. The lowest BCUT2D eigenvalue weighted by atomic mass is 9.80. The molecule has 0 aliphatic carbocycles. The second-order valence-corrected chi connectivity index (χ2v) is 26.0. The fourth-order valence-electron chi connectivity index (χ4n) is 12.9. The third kappa shape index (κ3) is 12.3. The van der Waals surface area contributed by atoms with Gasteiger partial charge < -0.3 is 10.0 Å². The standard InChI is InChI=1S/C43H27N3S.C31H20ClN3.C12H9BO2S/c1-2-12-28(13-3-1)34-17-6-7-19-37(34)42-44-41(31-26-24-30(25-27-31)33-20-10-15-29-14-4-5-16-32(29)33)45-43(46-42)38-22-11-21-36-35-18-8-9-23-39(35)47-40(36)38;32-31-34-29(33-30(35-31)28-15-7-6-14-27(28)21-9-2-1-3-10-21)24-19-17-23(18-20-24)26-16-8-12-22-11-4-5-13-25(22)26;14-13(15)10-6-3-5-9-8-4-1-2-7-11(8)16-12(9)10/h1-27H;1-20H;1-7,14-15H. The van der Waals surface area contributed by atoms with Crippen molar-refractivity contribution in [2.45, 2.75) is 0 Å². The minimum Gasteiger partial charge on any atom is -0.423 e. The molecule has 8 nitrogen and oxygen atoms in total. The Morgan fingerprint density at radius 1 is 0.235 bits per heavy atom. The van der Waals surface area contributed by atoms with Crippen molar-refractivity contribution in [1.29, 1.82) is 0 Å². The third-order valence-corrected chi connectivity index (χ3v) is 20.2. The first-order valence-electron chi connectivity index (χ1n) is 32.1. The second kappa shape index (κ2) is 27.2. The van der Waals surface area contributed by atoms with E-state index in [9.17, 15) is 10.0 Å². The summed E-state index contributed by atoms with van der Waals surface area (Å²) in [5, 5.41) is 28.4. The monoisotopic (exact) mass is 1310 g/mol. The summed E-state index contributed by atoms with van der Waals surface area (Å²) < 4.78 is 4.56. The highest BCUT2D eigenvalue weighted by atomic mass is 35.5. The first-order valence-corrected chi connectivity index (χ1v) is 34.2. The van der Waals surface area contributed by atoms with Crippen LogP contribution >= 0.6 is 34.3 Å². The molecule has 4 aromatic heterocycles. The Balaban J connectivity index is 0.000000128. The molecule has 14 aromatic carbocycles. The number of fused-ring (bicyclic) bond motifs is 8. The molecule has 0 spiro atoms. The number of hydrogen-bond acceptors (Lipinski definition) is 10. The van der Waals surface area contributed by atoms with Crippen LogP contribution in [0.15, 0.2) is 328 Å². The number of aromatic nitrogens is 6. The summed E-state index contributed by atoms with van der Waals surface area (Å²) in [6.45, 7) is 0. The van der Waals surface area contributed by atoms with Gasteiger partial charge in [0.2, 0.25) is 5.28 Å². The molecule has 2 N–H and O–H groups in total. The van der Waals surface area contributed by atoms with Crippen LogP contribution in [0.1, 0.15) is 0 Å². The smallest absolute Gasteiger partial charge is 0.423 e. The maximum Gasteiger partial charge on any atom is 0.489 e. The molecule has 0 unspecified atom stereocenters. The van der Waals surface area contributed by atoms with Crippen LogP contribution < -0.4 is 5.46 Å². The Hall–Kier alpha value is -11.7. The number of benzene rings is 14. The van der Waals surface area contributed by atoms with E-state index in [2.05, 4.69) is 247 Å². The highest BCUT2D eigenvalue weighted by molar-refractivity contribution is 7.27. The summed E-state index contributed by atoms with van der Waals surface area (Å²) in [5.41, 5.74) is 14.4. The summed E-state index contributed by atoms with van der Waals surface area (Å²) in [4.78, 5) is 29.2. The predicted octanol–water partition coefficient (Wildman–Crippen LogP) is 21.8. The van der Waals surface area contributed by atoms with Crippen LogP contribution in [-0.4, -0.2) is 47.1 Å². The van der Waals surface area contributed by atoms with Crippen LogP contribution in [0.5, 0.6) is 0 Å². The molecular weight excluding hydrogens is 1260 g/mol. The van der Waals surface area contributed by atoms with Crippen molar-refractivity contribution >= 4 is 109 Å². The SMILES string of the molecule is Clc1nc(-c2ccc(-c3cccc4ccccc34)cc2)nc(-c2ccccc2-c2ccccc2)n1.OB(O)c1cccc2c1sc1ccccc12.c1ccc(-c2ccccc2-c2nc(-c3ccc(-c4cccc5ccccc45)cc3)nc(-c3cccc4c3sc3ccccc34)n2)cc1. The zero-order valence-electron chi connectivity index (χ0n) is 52.5. The summed E-state index contributed by atoms with van der Waals surface area (Å²) in [5.74, 6) is 3.07. The van der Waals surface area contributed by atoms with Gasteiger partial charge in [-0.3, -0.25) is 0 Å². The first-order chi connectivity index (χ1) is 48.3. The maximum absolute atomic E-state index is 9.31. The van der Waals surface area contributed by atoms with Crippen molar-refractivity contribution in [2.24, 2.45) is 0 Å². The average molecular weight is 1320 g/mol. The van der Waals surface area contributed by atoms with Gasteiger partial charge in [0, 0.05) is 62.8 Å². The third-order valence-electron chi connectivity index (χ3n) is 17.6. The second-order valence-electron chi connectivity index (χ2n) is 23.6. The summed E-state index contributed by atoms with van der Waals surface area (Å²) in [6.07, 6.45) is 0. The molecular formula is C86H56BClN6O2S2. The van der Waals surface area contributed by atoms with Crippen molar-refractivity contribution in [1.82, 2.24) is 29.9 Å². The number of nitrogens with zero attached hydrogens (tertiary/aromatic N) is 6. The van der Waals surface area contributed by atoms with E-state index in [-0.39, 0.29) is 5.28 Å². The molecule has 0 aliphatic heterocycles. The molecule has 18 aromatic rings. The summed E-state index contributed by atoms with van der Waals surface area (Å²) >= 11 is 9.76. The zero-order valence-corrected chi connectivity index (χ0v) is 54.9. The molecule has 18 rings (SSSR count). The molecule has 0 radical (unpaired) electrons. The molecule has 12 heteroatoms. The Bertz CT molecular complexity index is 5940. The van der Waals surface area contributed by atoms with Crippen LogP contribution in [0.25, 0.3) is 163 Å². The van der Waals surface area contributed by atoms with Gasteiger partial charge in [-0.25, -0.2) is 19.9 Å². The molecule has 0 aliphatic rings. The predicted molar refractivity (Wildman–Crippen MR) is 411 cm³/mol. The molecule has 0 saturated heterocycles. The lowest BCUT2D eigenvalue weighted by Crippen LogP contribution is -2.29. The first kappa shape index (κ1) is 61.2. The molecule has 464 valence electrons. The molecule has 0 amide bonds. The highest BCUT2D eigenvalue weighted by Crippen LogP contribution is 2.42. The average Bonchev–Trinajstić information content (AvgIpc) is 1.53. The van der Waals surface area contributed by atoms with Crippen LogP contribution in [-0.2, 0) is 0 Å². The Kier molecular flexibility index (Phi) is 17.0. The van der Waals surface area contributed by atoms with Crippen molar-refractivity contribution in [3.63, 3.8) is 0 Å². The molecule has 4 heterocycles. The van der Waals surface area contributed by atoms with Crippen molar-refractivity contribution < 1.29 is 10.0 Å². The van der Waals surface area contributed by atoms with Gasteiger partial charge in [-0.15, -0.1) is 22.7 Å². The number of rotatable bonds is 10. The Morgan fingerprint density at radius 2 is 0.551 bits per heavy atom. The van der Waals surface area contributed by atoms with Crippen LogP contribution in [0.3, 0.4) is 0 Å². The quantitative estimate of drug-likeness (QED) is 0.130. The van der Waals surface area contributed by atoms with Gasteiger partial charge >= 0.3 is 7.12 Å². The Morgan fingerprint density at radius 3 is 1.07 bits per heavy atom.